The largest absolute Gasteiger partial charge is 0.352 e. The average molecular weight is 388 g/mol. The third-order valence-electron chi connectivity index (χ3n) is 3.84. The van der Waals surface area contributed by atoms with E-state index in [0.717, 1.165) is 16.3 Å². The van der Waals surface area contributed by atoms with Gasteiger partial charge < -0.3 is 16.0 Å². The molecule has 0 saturated carbocycles. The van der Waals surface area contributed by atoms with Crippen molar-refractivity contribution in [3.05, 3.63) is 51.0 Å². The summed E-state index contributed by atoms with van der Waals surface area (Å²) in [5.74, 6) is 0.631. The Morgan fingerprint density at radius 1 is 1.19 bits per heavy atom. The highest BCUT2D eigenvalue weighted by atomic mass is 32.1. The normalized spacial score (nSPS) is 12.0. The number of hydrogen-bond donors (Lipinski definition) is 3. The number of nitrogens with one attached hydrogen (secondary N) is 3. The van der Waals surface area contributed by atoms with Crippen LogP contribution in [-0.2, 0) is 13.1 Å². The number of amides is 1. The summed E-state index contributed by atoms with van der Waals surface area (Å²) in [6.45, 7) is 11.2. The summed E-state index contributed by atoms with van der Waals surface area (Å²) in [6, 6.07) is 7.60. The van der Waals surface area contributed by atoms with E-state index in [1.807, 2.05) is 52.0 Å². The van der Waals surface area contributed by atoms with Gasteiger partial charge in [0.1, 0.15) is 5.01 Å². The molecule has 0 bridgehead atoms. The minimum Gasteiger partial charge on any atom is -0.352 e. The van der Waals surface area contributed by atoms with Crippen LogP contribution in [0.1, 0.15) is 52.3 Å². The Morgan fingerprint density at radius 3 is 2.48 bits per heavy atom. The van der Waals surface area contributed by atoms with Gasteiger partial charge in [-0.25, -0.2) is 4.98 Å². The summed E-state index contributed by atoms with van der Waals surface area (Å²) in [5, 5.41) is 10.6. The van der Waals surface area contributed by atoms with Crippen LogP contribution in [0.15, 0.2) is 29.3 Å². The fraction of sp³-hybridized carbons (Fsp3) is 0.450. The van der Waals surface area contributed by atoms with E-state index in [2.05, 4.69) is 32.9 Å². The number of carbonyl (C=O) groups excluding carboxylic acids is 1. The third-order valence-corrected chi connectivity index (χ3v) is 4.91. The van der Waals surface area contributed by atoms with Gasteiger partial charge in [-0.15, -0.1) is 11.3 Å². The second kappa shape index (κ2) is 8.99. The molecule has 0 fully saturated rings. The van der Waals surface area contributed by atoms with E-state index in [-0.39, 0.29) is 11.4 Å². The molecule has 0 aliphatic heterocycles. The van der Waals surface area contributed by atoms with E-state index in [9.17, 15) is 4.79 Å². The van der Waals surface area contributed by atoms with Crippen LogP contribution in [0.5, 0.6) is 0 Å². The van der Waals surface area contributed by atoms with Crippen molar-refractivity contribution in [1.29, 1.82) is 0 Å². The minimum absolute atomic E-state index is 0.0682. The molecule has 0 aliphatic rings. The fourth-order valence-electron chi connectivity index (χ4n) is 2.42. The standard InChI is InChI=1S/C20H29N5OS/c1-13-14(2)27-17(24-13)12-23-19(21-6)22-11-15-8-7-9-16(10-15)18(26)25-20(3,4)5/h7-10H,11-12H2,1-6H3,(H,25,26)(H2,21,22,23). The van der Waals surface area contributed by atoms with Crippen molar-refractivity contribution in [1.82, 2.24) is 20.9 Å². The zero-order chi connectivity index (χ0) is 20.0. The van der Waals surface area contributed by atoms with Crippen molar-refractivity contribution in [2.45, 2.75) is 53.2 Å². The minimum atomic E-state index is -0.260. The van der Waals surface area contributed by atoms with Gasteiger partial charge in [0.25, 0.3) is 5.91 Å². The molecule has 7 heteroatoms. The van der Waals surface area contributed by atoms with E-state index in [1.165, 1.54) is 4.88 Å². The summed E-state index contributed by atoms with van der Waals surface area (Å²) < 4.78 is 0. The van der Waals surface area contributed by atoms with Crippen LogP contribution < -0.4 is 16.0 Å². The summed E-state index contributed by atoms with van der Waals surface area (Å²) >= 11 is 1.69. The van der Waals surface area contributed by atoms with Crippen molar-refractivity contribution >= 4 is 23.2 Å². The molecule has 1 amide bonds. The van der Waals surface area contributed by atoms with Crippen LogP contribution in [0.4, 0.5) is 0 Å². The van der Waals surface area contributed by atoms with Gasteiger partial charge in [0.05, 0.1) is 12.2 Å². The Hall–Kier alpha value is -2.41. The van der Waals surface area contributed by atoms with Gasteiger partial charge in [-0.05, 0) is 52.3 Å². The number of aromatic nitrogens is 1. The molecule has 0 radical (unpaired) electrons. The predicted molar refractivity (Wildman–Crippen MR) is 112 cm³/mol. The van der Waals surface area contributed by atoms with Crippen molar-refractivity contribution in [3.63, 3.8) is 0 Å². The zero-order valence-corrected chi connectivity index (χ0v) is 17.8. The summed E-state index contributed by atoms with van der Waals surface area (Å²) in [6.07, 6.45) is 0. The molecule has 1 heterocycles. The van der Waals surface area contributed by atoms with Crippen molar-refractivity contribution in [3.8, 4) is 0 Å². The lowest BCUT2D eigenvalue weighted by molar-refractivity contribution is 0.0919. The number of guanidine groups is 1. The lowest BCUT2D eigenvalue weighted by Crippen LogP contribution is -2.40. The zero-order valence-electron chi connectivity index (χ0n) is 16.9. The molecule has 0 spiro atoms. The summed E-state index contributed by atoms with van der Waals surface area (Å²) in [5.41, 5.74) is 2.48. The Balaban J connectivity index is 1.92. The molecule has 0 aliphatic carbocycles. The highest BCUT2D eigenvalue weighted by molar-refractivity contribution is 7.11. The lowest BCUT2D eigenvalue weighted by Gasteiger charge is -2.20. The van der Waals surface area contributed by atoms with Gasteiger partial charge in [-0.3, -0.25) is 9.79 Å². The molecule has 1 aromatic carbocycles. The molecule has 3 N–H and O–H groups in total. The van der Waals surface area contributed by atoms with Gasteiger partial charge in [0, 0.05) is 29.6 Å². The number of aliphatic imine (C=N–C) groups is 1. The van der Waals surface area contributed by atoms with Crippen molar-refractivity contribution in [2.24, 2.45) is 4.99 Å². The maximum Gasteiger partial charge on any atom is 0.251 e. The number of rotatable bonds is 5. The van der Waals surface area contributed by atoms with Crippen LogP contribution in [0.25, 0.3) is 0 Å². The quantitative estimate of drug-likeness (QED) is 0.544. The summed E-state index contributed by atoms with van der Waals surface area (Å²) in [7, 11) is 1.74. The first kappa shape index (κ1) is 20.9. The molecule has 1 aromatic heterocycles. The number of hydrogen-bond acceptors (Lipinski definition) is 4. The molecular formula is C20H29N5OS. The third kappa shape index (κ3) is 6.67. The van der Waals surface area contributed by atoms with Crippen molar-refractivity contribution < 1.29 is 4.79 Å². The van der Waals surface area contributed by atoms with Crippen LogP contribution in [-0.4, -0.2) is 29.4 Å². The number of benzene rings is 1. The van der Waals surface area contributed by atoms with Gasteiger partial charge in [-0.2, -0.15) is 0 Å². The lowest BCUT2D eigenvalue weighted by atomic mass is 10.1. The van der Waals surface area contributed by atoms with Crippen LogP contribution >= 0.6 is 11.3 Å². The molecular weight excluding hydrogens is 358 g/mol. The van der Waals surface area contributed by atoms with E-state index >= 15 is 0 Å². The predicted octanol–water partition coefficient (Wildman–Crippen LogP) is 3.15. The topological polar surface area (TPSA) is 78.4 Å². The first-order chi connectivity index (χ1) is 12.7. The Kier molecular flexibility index (Phi) is 6.96. The molecule has 0 unspecified atom stereocenters. The Morgan fingerprint density at radius 2 is 1.89 bits per heavy atom. The number of nitrogens with zero attached hydrogens (tertiary/aromatic N) is 2. The van der Waals surface area contributed by atoms with Gasteiger partial charge in [0.2, 0.25) is 0 Å². The van der Waals surface area contributed by atoms with E-state index in [0.29, 0.717) is 24.6 Å². The highest BCUT2D eigenvalue weighted by Gasteiger charge is 2.15. The molecule has 0 atom stereocenters. The van der Waals surface area contributed by atoms with E-state index in [4.69, 9.17) is 0 Å². The van der Waals surface area contributed by atoms with E-state index in [1.54, 1.807) is 18.4 Å². The first-order valence-electron chi connectivity index (χ1n) is 8.97. The number of aryl methyl sites for hydroxylation is 2. The maximum absolute atomic E-state index is 12.3. The smallest absolute Gasteiger partial charge is 0.251 e. The molecule has 0 saturated heterocycles. The summed E-state index contributed by atoms with van der Waals surface area (Å²) in [4.78, 5) is 22.3. The van der Waals surface area contributed by atoms with Gasteiger partial charge in [-0.1, -0.05) is 12.1 Å². The molecule has 6 nitrogen and oxygen atoms in total. The highest BCUT2D eigenvalue weighted by Crippen LogP contribution is 2.15. The average Bonchev–Trinajstić information content (AvgIpc) is 2.92. The number of thiazole rings is 1. The van der Waals surface area contributed by atoms with Crippen LogP contribution in [0, 0.1) is 13.8 Å². The van der Waals surface area contributed by atoms with Gasteiger partial charge >= 0.3 is 0 Å². The van der Waals surface area contributed by atoms with Crippen LogP contribution in [0.3, 0.4) is 0 Å². The SMILES string of the molecule is CN=C(NCc1cccc(C(=O)NC(C)(C)C)c1)NCc1nc(C)c(C)s1. The first-order valence-corrected chi connectivity index (χ1v) is 9.78. The number of carbonyl (C=O) groups is 1. The van der Waals surface area contributed by atoms with Crippen LogP contribution in [0.2, 0.25) is 0 Å². The maximum atomic E-state index is 12.3. The second-order valence-corrected chi connectivity index (χ2v) is 8.72. The van der Waals surface area contributed by atoms with E-state index < -0.39 is 0 Å². The monoisotopic (exact) mass is 387 g/mol. The molecule has 146 valence electrons. The van der Waals surface area contributed by atoms with Crippen molar-refractivity contribution in [2.75, 3.05) is 7.05 Å². The fourth-order valence-corrected chi connectivity index (χ4v) is 3.29. The molecule has 27 heavy (non-hydrogen) atoms. The Labute approximate surface area is 165 Å². The Bertz CT molecular complexity index is 801. The van der Waals surface area contributed by atoms with Gasteiger partial charge in [0.15, 0.2) is 5.96 Å². The molecule has 2 aromatic rings. The molecule has 2 rings (SSSR count). The second-order valence-electron chi connectivity index (χ2n) is 7.43.